The highest BCUT2D eigenvalue weighted by atomic mass is 32.2. The van der Waals surface area contributed by atoms with Crippen molar-refractivity contribution in [1.29, 1.82) is 0 Å². The van der Waals surface area contributed by atoms with Crippen LogP contribution in [0.25, 0.3) is 0 Å². The molecule has 0 amide bonds. The van der Waals surface area contributed by atoms with Crippen LogP contribution >= 0.6 is 0 Å². The summed E-state index contributed by atoms with van der Waals surface area (Å²) in [7, 11) is -7.91. The molecule has 0 fully saturated rings. The van der Waals surface area contributed by atoms with Gasteiger partial charge in [-0.2, -0.15) is 8.42 Å². The quantitative estimate of drug-likeness (QED) is 0.370. The maximum absolute atomic E-state index is 14.5. The van der Waals surface area contributed by atoms with E-state index in [1.165, 1.54) is 43.3 Å². The molecule has 3 rings (SSSR count). The van der Waals surface area contributed by atoms with Crippen LogP contribution in [0.3, 0.4) is 0 Å². The van der Waals surface area contributed by atoms with E-state index >= 15 is 0 Å². The van der Waals surface area contributed by atoms with Gasteiger partial charge in [0, 0.05) is 24.1 Å². The Morgan fingerprint density at radius 3 is 2.37 bits per heavy atom. The Kier molecular flexibility index (Phi) is 7.64. The molecule has 0 aromatic heterocycles. The Morgan fingerprint density at radius 2 is 1.74 bits per heavy atom. The van der Waals surface area contributed by atoms with Gasteiger partial charge in [-0.25, -0.2) is 22.3 Å². The largest absolute Gasteiger partial charge is 0.455 e. The second-order valence-corrected chi connectivity index (χ2v) is 10.7. The predicted octanol–water partition coefficient (Wildman–Crippen LogP) is 3.71. The fourth-order valence-electron chi connectivity index (χ4n) is 3.10. The molecule has 3 aromatic carbocycles. The number of hydrogen-bond acceptors (Lipinski definition) is 5. The minimum atomic E-state index is -4.34. The Morgan fingerprint density at radius 1 is 1.00 bits per heavy atom. The molecular formula is C23H21F2N3O5S2. The van der Waals surface area contributed by atoms with Crippen LogP contribution in [-0.2, 0) is 26.7 Å². The fraction of sp³-hybridized carbons (Fsp3) is 0.130. The number of halogens is 2. The molecule has 184 valence electrons. The maximum atomic E-state index is 14.5. The SMILES string of the molecule is C#Cc1ccc(Cc2cc(F)cc(Oc3cccc(NS(=O)(=O)CC)c3)c2NS(N)(=O)=O)c(F)c1. The normalized spacial score (nSPS) is 11.5. The van der Waals surface area contributed by atoms with Crippen LogP contribution in [0.2, 0.25) is 0 Å². The Hall–Kier alpha value is -3.66. The maximum Gasteiger partial charge on any atom is 0.296 e. The number of ether oxygens (including phenoxy) is 1. The van der Waals surface area contributed by atoms with Gasteiger partial charge in [-0.3, -0.25) is 9.44 Å². The van der Waals surface area contributed by atoms with Crippen LogP contribution in [0, 0.1) is 24.0 Å². The number of nitrogens with one attached hydrogen (secondary N) is 2. The van der Waals surface area contributed by atoms with Crippen molar-refractivity contribution in [1.82, 2.24) is 0 Å². The molecule has 8 nitrogen and oxygen atoms in total. The van der Waals surface area contributed by atoms with Gasteiger partial charge in [0.25, 0.3) is 10.2 Å². The second kappa shape index (κ2) is 10.3. The van der Waals surface area contributed by atoms with Crippen molar-refractivity contribution in [3.63, 3.8) is 0 Å². The number of nitrogens with two attached hydrogens (primary N) is 1. The lowest BCUT2D eigenvalue weighted by Gasteiger charge is -2.17. The third-order valence-corrected chi connectivity index (χ3v) is 6.50. The van der Waals surface area contributed by atoms with Crippen LogP contribution in [0.4, 0.5) is 20.2 Å². The Balaban J connectivity index is 2.05. The molecule has 0 heterocycles. The van der Waals surface area contributed by atoms with Crippen molar-refractivity contribution in [3.8, 4) is 23.8 Å². The summed E-state index contributed by atoms with van der Waals surface area (Å²) < 4.78 is 86.5. The lowest BCUT2D eigenvalue weighted by atomic mass is 10.0. The van der Waals surface area contributed by atoms with Crippen molar-refractivity contribution < 1.29 is 30.4 Å². The van der Waals surface area contributed by atoms with Crippen LogP contribution in [0.1, 0.15) is 23.6 Å². The number of terminal acetylenes is 1. The van der Waals surface area contributed by atoms with Gasteiger partial charge in [-0.05, 0) is 48.4 Å². The fourth-order valence-corrected chi connectivity index (χ4v) is 4.25. The minimum Gasteiger partial charge on any atom is -0.455 e. The third-order valence-electron chi connectivity index (χ3n) is 4.71. The van der Waals surface area contributed by atoms with Gasteiger partial charge in [0.05, 0.1) is 17.1 Å². The standard InChI is InChI=1S/C23H21F2N3O5S2/c1-3-15-8-9-16(21(25)10-15)11-17-12-18(24)13-22(23(17)28-35(26,31)32)33-20-7-5-6-19(14-20)27-34(29,30)4-2/h1,5-10,12-14,27-28H,4,11H2,2H3,(H2,26,31,32). The molecule has 0 bridgehead atoms. The summed E-state index contributed by atoms with van der Waals surface area (Å²) in [6.07, 6.45) is 5.05. The van der Waals surface area contributed by atoms with E-state index < -0.39 is 31.9 Å². The number of hydrogen-bond donors (Lipinski definition) is 3. The van der Waals surface area contributed by atoms with Crippen molar-refractivity contribution >= 4 is 31.6 Å². The molecule has 12 heteroatoms. The molecule has 0 unspecified atom stereocenters. The first-order valence-corrected chi connectivity index (χ1v) is 13.3. The van der Waals surface area contributed by atoms with Gasteiger partial charge in [-0.1, -0.05) is 18.1 Å². The average Bonchev–Trinajstić information content (AvgIpc) is 2.76. The van der Waals surface area contributed by atoms with Crippen LogP contribution in [-0.4, -0.2) is 22.6 Å². The molecule has 0 atom stereocenters. The number of sulfonamides is 1. The van der Waals surface area contributed by atoms with Gasteiger partial charge < -0.3 is 4.74 Å². The summed E-state index contributed by atoms with van der Waals surface area (Å²) in [6.45, 7) is 1.46. The first kappa shape index (κ1) is 26.0. The third kappa shape index (κ3) is 7.16. The van der Waals surface area contributed by atoms with E-state index in [-0.39, 0.29) is 46.2 Å². The summed E-state index contributed by atoms with van der Waals surface area (Å²) >= 11 is 0. The van der Waals surface area contributed by atoms with Gasteiger partial charge >= 0.3 is 0 Å². The lowest BCUT2D eigenvalue weighted by molar-refractivity contribution is 0.478. The van der Waals surface area contributed by atoms with E-state index in [2.05, 4.69) is 15.4 Å². The number of anilines is 2. The van der Waals surface area contributed by atoms with Gasteiger partial charge in [0.15, 0.2) is 5.75 Å². The number of benzene rings is 3. The zero-order chi connectivity index (χ0) is 25.8. The van der Waals surface area contributed by atoms with Crippen LogP contribution in [0.5, 0.6) is 11.5 Å². The first-order valence-electron chi connectivity index (χ1n) is 10.1. The zero-order valence-corrected chi connectivity index (χ0v) is 20.0. The van der Waals surface area contributed by atoms with Crippen LogP contribution < -0.4 is 19.3 Å². The summed E-state index contributed by atoms with van der Waals surface area (Å²) in [5, 5.41) is 5.15. The topological polar surface area (TPSA) is 128 Å². The van der Waals surface area contributed by atoms with E-state index in [0.29, 0.717) is 5.56 Å². The molecule has 35 heavy (non-hydrogen) atoms. The molecule has 0 spiro atoms. The van der Waals surface area contributed by atoms with Crippen molar-refractivity contribution in [3.05, 3.63) is 82.9 Å². The summed E-state index contributed by atoms with van der Waals surface area (Å²) in [6, 6.07) is 11.7. The highest BCUT2D eigenvalue weighted by Crippen LogP contribution is 2.36. The first-order chi connectivity index (χ1) is 16.4. The molecular weight excluding hydrogens is 500 g/mol. The Labute approximate surface area is 202 Å². The molecule has 3 aromatic rings. The Bertz CT molecular complexity index is 1520. The predicted molar refractivity (Wildman–Crippen MR) is 130 cm³/mol. The molecule has 4 N–H and O–H groups in total. The highest BCUT2D eigenvalue weighted by Gasteiger charge is 2.19. The van der Waals surface area contributed by atoms with Gasteiger partial charge in [-0.15, -0.1) is 6.42 Å². The van der Waals surface area contributed by atoms with Crippen molar-refractivity contribution in [2.75, 3.05) is 15.2 Å². The average molecular weight is 522 g/mol. The molecule has 0 radical (unpaired) electrons. The minimum absolute atomic E-state index is 0.0317. The van der Waals surface area contributed by atoms with Crippen LogP contribution in [0.15, 0.2) is 54.6 Å². The molecule has 0 saturated carbocycles. The van der Waals surface area contributed by atoms with E-state index in [9.17, 15) is 25.6 Å². The summed E-state index contributed by atoms with van der Waals surface area (Å²) in [5.74, 6) is 0.479. The molecule has 0 aliphatic rings. The van der Waals surface area contributed by atoms with E-state index in [0.717, 1.165) is 18.2 Å². The lowest BCUT2D eigenvalue weighted by Crippen LogP contribution is -2.23. The second-order valence-electron chi connectivity index (χ2n) is 7.35. The van der Waals surface area contributed by atoms with Crippen molar-refractivity contribution in [2.45, 2.75) is 13.3 Å². The summed E-state index contributed by atoms with van der Waals surface area (Å²) in [4.78, 5) is 0. The van der Waals surface area contributed by atoms with Crippen molar-refractivity contribution in [2.24, 2.45) is 5.14 Å². The van der Waals surface area contributed by atoms with Gasteiger partial charge in [0.2, 0.25) is 10.0 Å². The number of rotatable bonds is 9. The zero-order valence-electron chi connectivity index (χ0n) is 18.4. The van der Waals surface area contributed by atoms with Gasteiger partial charge in [0.1, 0.15) is 17.4 Å². The van der Waals surface area contributed by atoms with E-state index in [4.69, 9.17) is 16.3 Å². The van der Waals surface area contributed by atoms with E-state index in [1.54, 1.807) is 0 Å². The highest BCUT2D eigenvalue weighted by molar-refractivity contribution is 7.92. The molecule has 0 aliphatic carbocycles. The molecule has 0 aliphatic heterocycles. The monoisotopic (exact) mass is 521 g/mol. The van der Waals surface area contributed by atoms with E-state index in [1.807, 2.05) is 0 Å². The smallest absolute Gasteiger partial charge is 0.296 e. The molecule has 0 saturated heterocycles. The summed E-state index contributed by atoms with van der Waals surface area (Å²) in [5.41, 5.74) is 0.417.